The molecule has 1 aromatic carbocycles. The van der Waals surface area contributed by atoms with Gasteiger partial charge in [0, 0.05) is 11.8 Å². The molecule has 0 atom stereocenters. The highest BCUT2D eigenvalue weighted by Crippen LogP contribution is 2.10. The van der Waals surface area contributed by atoms with Gasteiger partial charge in [-0.1, -0.05) is 18.2 Å². The lowest BCUT2D eigenvalue weighted by Crippen LogP contribution is -2.12. The van der Waals surface area contributed by atoms with Gasteiger partial charge in [-0.2, -0.15) is 5.10 Å². The highest BCUT2D eigenvalue weighted by molar-refractivity contribution is 6.05. The molecule has 0 spiro atoms. The molecule has 0 unspecified atom stereocenters. The Balaban J connectivity index is 2.19. The summed E-state index contributed by atoms with van der Waals surface area (Å²) in [6, 6.07) is 7.45. The highest BCUT2D eigenvalue weighted by atomic mass is 16.1. The Kier molecular flexibility index (Phi) is 2.49. The van der Waals surface area contributed by atoms with Crippen molar-refractivity contribution in [2.45, 2.75) is 6.92 Å². The second-order valence-corrected chi connectivity index (χ2v) is 3.26. The number of amides is 1. The number of hydrogen-bond acceptors (Lipinski definition) is 2. The first-order chi connectivity index (χ1) is 7.27. The fraction of sp³-hybridized carbons (Fsp3) is 0.0909. The van der Waals surface area contributed by atoms with Gasteiger partial charge >= 0.3 is 0 Å². The van der Waals surface area contributed by atoms with E-state index < -0.39 is 0 Å². The molecule has 76 valence electrons. The summed E-state index contributed by atoms with van der Waals surface area (Å²) in [5.74, 6) is -0.116. The zero-order valence-electron chi connectivity index (χ0n) is 8.32. The molecule has 0 aliphatic rings. The number of rotatable bonds is 2. The standard InChI is InChI=1S/C11H11N3O/c1-8-4-2-3-5-10(8)11(15)14-9-6-12-13-7-9/h2-7H,1H3,(H,12,13)(H,14,15). The van der Waals surface area contributed by atoms with Crippen LogP contribution < -0.4 is 5.32 Å². The van der Waals surface area contributed by atoms with Gasteiger partial charge in [-0.15, -0.1) is 0 Å². The molecule has 15 heavy (non-hydrogen) atoms. The maximum Gasteiger partial charge on any atom is 0.256 e. The molecule has 0 bridgehead atoms. The predicted molar refractivity (Wildman–Crippen MR) is 57.7 cm³/mol. The van der Waals surface area contributed by atoms with Crippen LogP contribution in [0.4, 0.5) is 5.69 Å². The molecule has 0 saturated carbocycles. The minimum atomic E-state index is -0.116. The van der Waals surface area contributed by atoms with Crippen LogP contribution in [0.25, 0.3) is 0 Å². The Hall–Kier alpha value is -2.10. The van der Waals surface area contributed by atoms with Gasteiger partial charge in [0.25, 0.3) is 5.91 Å². The number of hydrogen-bond donors (Lipinski definition) is 2. The van der Waals surface area contributed by atoms with Gasteiger partial charge in [0.1, 0.15) is 0 Å². The molecule has 2 rings (SSSR count). The summed E-state index contributed by atoms with van der Waals surface area (Å²) in [5, 5.41) is 9.13. The number of nitrogens with zero attached hydrogens (tertiary/aromatic N) is 1. The molecular weight excluding hydrogens is 190 g/mol. The lowest BCUT2D eigenvalue weighted by molar-refractivity contribution is 0.102. The summed E-state index contributed by atoms with van der Waals surface area (Å²) in [4.78, 5) is 11.8. The third-order valence-corrected chi connectivity index (χ3v) is 2.15. The zero-order chi connectivity index (χ0) is 10.7. The first-order valence-electron chi connectivity index (χ1n) is 4.63. The molecule has 2 aromatic rings. The molecule has 1 heterocycles. The van der Waals surface area contributed by atoms with E-state index >= 15 is 0 Å². The second-order valence-electron chi connectivity index (χ2n) is 3.26. The fourth-order valence-electron chi connectivity index (χ4n) is 1.35. The van der Waals surface area contributed by atoms with Crippen molar-refractivity contribution >= 4 is 11.6 Å². The predicted octanol–water partition coefficient (Wildman–Crippen LogP) is 1.97. The van der Waals surface area contributed by atoms with Crippen LogP contribution in [0.3, 0.4) is 0 Å². The molecule has 0 aliphatic heterocycles. The third kappa shape index (κ3) is 2.04. The van der Waals surface area contributed by atoms with Gasteiger partial charge in [-0.3, -0.25) is 9.89 Å². The van der Waals surface area contributed by atoms with E-state index in [4.69, 9.17) is 0 Å². The van der Waals surface area contributed by atoms with E-state index in [1.807, 2.05) is 25.1 Å². The van der Waals surface area contributed by atoms with E-state index in [0.717, 1.165) is 5.56 Å². The van der Waals surface area contributed by atoms with Crippen molar-refractivity contribution < 1.29 is 4.79 Å². The van der Waals surface area contributed by atoms with Gasteiger partial charge in [0.05, 0.1) is 11.9 Å². The monoisotopic (exact) mass is 201 g/mol. The van der Waals surface area contributed by atoms with Crippen LogP contribution >= 0.6 is 0 Å². The number of aromatic nitrogens is 2. The quantitative estimate of drug-likeness (QED) is 0.780. The minimum absolute atomic E-state index is 0.116. The average Bonchev–Trinajstić information content (AvgIpc) is 2.71. The fourth-order valence-corrected chi connectivity index (χ4v) is 1.35. The Morgan fingerprint density at radius 2 is 2.20 bits per heavy atom. The summed E-state index contributed by atoms with van der Waals surface area (Å²) in [6.07, 6.45) is 3.20. The van der Waals surface area contributed by atoms with Crippen LogP contribution in [0.2, 0.25) is 0 Å². The highest BCUT2D eigenvalue weighted by Gasteiger charge is 2.08. The van der Waals surface area contributed by atoms with Crippen LogP contribution in [0.15, 0.2) is 36.7 Å². The topological polar surface area (TPSA) is 57.8 Å². The van der Waals surface area contributed by atoms with E-state index in [1.165, 1.54) is 0 Å². The molecule has 1 amide bonds. The number of carbonyl (C=O) groups excluding carboxylic acids is 1. The molecular formula is C11H11N3O. The third-order valence-electron chi connectivity index (χ3n) is 2.15. The minimum Gasteiger partial charge on any atom is -0.319 e. The molecule has 0 saturated heterocycles. The molecule has 4 nitrogen and oxygen atoms in total. The van der Waals surface area contributed by atoms with Crippen molar-refractivity contribution in [1.82, 2.24) is 10.2 Å². The molecule has 1 aromatic heterocycles. The first-order valence-corrected chi connectivity index (χ1v) is 4.63. The van der Waals surface area contributed by atoms with E-state index in [2.05, 4.69) is 15.5 Å². The Labute approximate surface area is 87.3 Å². The van der Waals surface area contributed by atoms with E-state index in [0.29, 0.717) is 11.3 Å². The summed E-state index contributed by atoms with van der Waals surface area (Å²) in [6.45, 7) is 1.91. The van der Waals surface area contributed by atoms with Crippen LogP contribution in [0, 0.1) is 6.92 Å². The van der Waals surface area contributed by atoms with Crippen molar-refractivity contribution in [1.29, 1.82) is 0 Å². The summed E-state index contributed by atoms with van der Waals surface area (Å²) < 4.78 is 0. The van der Waals surface area contributed by atoms with Crippen LogP contribution in [0.5, 0.6) is 0 Å². The normalized spacial score (nSPS) is 9.93. The molecule has 4 heteroatoms. The maximum absolute atomic E-state index is 11.8. The SMILES string of the molecule is Cc1ccccc1C(=O)Nc1cn[nH]c1. The largest absolute Gasteiger partial charge is 0.319 e. The Morgan fingerprint density at radius 1 is 1.40 bits per heavy atom. The molecule has 0 aliphatic carbocycles. The smallest absolute Gasteiger partial charge is 0.256 e. The van der Waals surface area contributed by atoms with E-state index in [-0.39, 0.29) is 5.91 Å². The number of anilines is 1. The number of aromatic amines is 1. The van der Waals surface area contributed by atoms with Crippen molar-refractivity contribution in [2.75, 3.05) is 5.32 Å². The van der Waals surface area contributed by atoms with Crippen molar-refractivity contribution in [3.63, 3.8) is 0 Å². The first kappa shape index (κ1) is 9.45. The van der Waals surface area contributed by atoms with Gasteiger partial charge < -0.3 is 5.32 Å². The summed E-state index contributed by atoms with van der Waals surface area (Å²) in [5.41, 5.74) is 2.31. The van der Waals surface area contributed by atoms with Gasteiger partial charge in [-0.25, -0.2) is 0 Å². The van der Waals surface area contributed by atoms with E-state index in [1.54, 1.807) is 18.5 Å². The number of carbonyl (C=O) groups is 1. The zero-order valence-corrected chi connectivity index (χ0v) is 8.32. The van der Waals surface area contributed by atoms with Gasteiger partial charge in [-0.05, 0) is 18.6 Å². The van der Waals surface area contributed by atoms with Crippen LogP contribution in [-0.2, 0) is 0 Å². The number of nitrogens with one attached hydrogen (secondary N) is 2. The number of benzene rings is 1. The van der Waals surface area contributed by atoms with Crippen molar-refractivity contribution in [2.24, 2.45) is 0 Å². The van der Waals surface area contributed by atoms with Gasteiger partial charge in [0.15, 0.2) is 0 Å². The molecule has 2 N–H and O–H groups in total. The number of H-pyrrole nitrogens is 1. The van der Waals surface area contributed by atoms with Gasteiger partial charge in [0.2, 0.25) is 0 Å². The van der Waals surface area contributed by atoms with Crippen molar-refractivity contribution in [3.8, 4) is 0 Å². The van der Waals surface area contributed by atoms with E-state index in [9.17, 15) is 4.79 Å². The second kappa shape index (κ2) is 3.96. The summed E-state index contributed by atoms with van der Waals surface area (Å²) >= 11 is 0. The Bertz CT molecular complexity index is 462. The Morgan fingerprint density at radius 3 is 2.87 bits per heavy atom. The lowest BCUT2D eigenvalue weighted by atomic mass is 10.1. The number of aryl methyl sites for hydroxylation is 1. The average molecular weight is 201 g/mol. The van der Waals surface area contributed by atoms with Crippen molar-refractivity contribution in [3.05, 3.63) is 47.8 Å². The lowest BCUT2D eigenvalue weighted by Gasteiger charge is -2.04. The van der Waals surface area contributed by atoms with Crippen LogP contribution in [0.1, 0.15) is 15.9 Å². The maximum atomic E-state index is 11.8. The molecule has 0 fully saturated rings. The summed E-state index contributed by atoms with van der Waals surface area (Å²) in [7, 11) is 0. The molecule has 0 radical (unpaired) electrons. The van der Waals surface area contributed by atoms with Crippen LogP contribution in [-0.4, -0.2) is 16.1 Å².